The highest BCUT2D eigenvalue weighted by atomic mass is 32.1. The van der Waals surface area contributed by atoms with Gasteiger partial charge in [0.05, 0.1) is 6.04 Å². The Bertz CT molecular complexity index is 496. The lowest BCUT2D eigenvalue weighted by molar-refractivity contribution is 0.488. The summed E-state index contributed by atoms with van der Waals surface area (Å²) in [7, 11) is 0. The van der Waals surface area contributed by atoms with Crippen LogP contribution in [-0.2, 0) is 0 Å². The van der Waals surface area contributed by atoms with Crippen molar-refractivity contribution in [2.45, 2.75) is 6.04 Å². The number of hydrogen-bond acceptors (Lipinski definition) is 2. The van der Waals surface area contributed by atoms with Gasteiger partial charge in [-0.1, -0.05) is 0 Å². The molecule has 0 fully saturated rings. The molecule has 1 aromatic carbocycles. The molecule has 0 bridgehead atoms. The topological polar surface area (TPSA) is 26.0 Å². The van der Waals surface area contributed by atoms with Crippen LogP contribution in [0.4, 0.5) is 13.2 Å². The predicted octanol–water partition coefficient (Wildman–Crippen LogP) is 3.21. The minimum Gasteiger partial charge on any atom is -0.320 e. The molecular formula is C11H8F3NS. The minimum atomic E-state index is -1.21. The van der Waals surface area contributed by atoms with Crippen molar-refractivity contribution in [3.63, 3.8) is 0 Å². The molecule has 1 nitrogen and oxygen atoms in total. The van der Waals surface area contributed by atoms with Gasteiger partial charge in [0.1, 0.15) is 5.82 Å². The summed E-state index contributed by atoms with van der Waals surface area (Å²) < 4.78 is 39.1. The Morgan fingerprint density at radius 2 is 1.75 bits per heavy atom. The number of thiophene rings is 1. The number of halogens is 3. The molecule has 2 aromatic rings. The second kappa shape index (κ2) is 4.27. The molecule has 0 saturated heterocycles. The van der Waals surface area contributed by atoms with Gasteiger partial charge in [-0.15, -0.1) is 0 Å². The molecule has 2 N–H and O–H groups in total. The van der Waals surface area contributed by atoms with E-state index in [9.17, 15) is 13.2 Å². The zero-order chi connectivity index (χ0) is 11.7. The normalized spacial score (nSPS) is 12.8. The first-order valence-corrected chi connectivity index (χ1v) is 5.46. The lowest BCUT2D eigenvalue weighted by atomic mass is 10.0. The molecule has 0 spiro atoms. The van der Waals surface area contributed by atoms with Gasteiger partial charge in [0.25, 0.3) is 0 Å². The van der Waals surface area contributed by atoms with E-state index < -0.39 is 23.5 Å². The van der Waals surface area contributed by atoms with Crippen molar-refractivity contribution < 1.29 is 13.2 Å². The van der Waals surface area contributed by atoms with Gasteiger partial charge in [-0.05, 0) is 28.5 Å². The summed E-state index contributed by atoms with van der Waals surface area (Å²) in [5, 5.41) is 3.53. The van der Waals surface area contributed by atoms with Crippen LogP contribution >= 0.6 is 11.3 Å². The second-order valence-electron chi connectivity index (χ2n) is 3.32. The van der Waals surface area contributed by atoms with Crippen molar-refractivity contribution >= 4 is 11.3 Å². The minimum absolute atomic E-state index is 0.0442. The quantitative estimate of drug-likeness (QED) is 0.805. The van der Waals surface area contributed by atoms with E-state index in [1.165, 1.54) is 11.3 Å². The van der Waals surface area contributed by atoms with Crippen LogP contribution in [0.5, 0.6) is 0 Å². The summed E-state index contributed by atoms with van der Waals surface area (Å²) in [5.41, 5.74) is 6.39. The Labute approximate surface area is 94.3 Å². The second-order valence-corrected chi connectivity index (χ2v) is 4.10. The maximum Gasteiger partial charge on any atom is 0.161 e. The van der Waals surface area contributed by atoms with Crippen LogP contribution in [-0.4, -0.2) is 0 Å². The largest absolute Gasteiger partial charge is 0.320 e. The molecule has 1 heterocycles. The Morgan fingerprint density at radius 1 is 1.06 bits per heavy atom. The molecule has 0 aliphatic rings. The third-order valence-corrected chi connectivity index (χ3v) is 2.98. The van der Waals surface area contributed by atoms with Crippen LogP contribution in [0.1, 0.15) is 17.2 Å². The van der Waals surface area contributed by atoms with Gasteiger partial charge >= 0.3 is 0 Å². The van der Waals surface area contributed by atoms with Crippen molar-refractivity contribution in [1.29, 1.82) is 0 Å². The Morgan fingerprint density at radius 3 is 2.38 bits per heavy atom. The highest BCUT2D eigenvalue weighted by Crippen LogP contribution is 2.25. The average molecular weight is 243 g/mol. The molecule has 0 saturated carbocycles. The molecule has 5 heteroatoms. The lowest BCUT2D eigenvalue weighted by Crippen LogP contribution is -2.13. The van der Waals surface area contributed by atoms with E-state index in [2.05, 4.69) is 0 Å². The summed E-state index contributed by atoms with van der Waals surface area (Å²) in [6.07, 6.45) is 0. The van der Waals surface area contributed by atoms with E-state index in [4.69, 9.17) is 5.73 Å². The molecule has 0 radical (unpaired) electrons. The van der Waals surface area contributed by atoms with Gasteiger partial charge in [-0.2, -0.15) is 11.3 Å². The van der Waals surface area contributed by atoms with E-state index >= 15 is 0 Å². The van der Waals surface area contributed by atoms with Gasteiger partial charge < -0.3 is 5.73 Å². The smallest absolute Gasteiger partial charge is 0.161 e. The first kappa shape index (κ1) is 11.2. The van der Waals surface area contributed by atoms with Crippen LogP contribution in [0.3, 0.4) is 0 Å². The van der Waals surface area contributed by atoms with Gasteiger partial charge in [0, 0.05) is 11.6 Å². The predicted molar refractivity (Wildman–Crippen MR) is 56.7 cm³/mol. The Balaban J connectivity index is 2.44. The fraction of sp³-hybridized carbons (Fsp3) is 0.0909. The maximum absolute atomic E-state index is 13.4. The molecule has 1 aromatic heterocycles. The molecule has 16 heavy (non-hydrogen) atoms. The van der Waals surface area contributed by atoms with Crippen LogP contribution in [0.15, 0.2) is 29.0 Å². The Hall–Kier alpha value is -1.33. The van der Waals surface area contributed by atoms with Crippen molar-refractivity contribution in [2.75, 3.05) is 0 Å². The number of nitrogens with two attached hydrogens (primary N) is 1. The average Bonchev–Trinajstić information content (AvgIpc) is 2.75. The van der Waals surface area contributed by atoms with Crippen LogP contribution in [0, 0.1) is 17.5 Å². The SMILES string of the molecule is N[C@H](c1ccsc1)c1cc(F)c(F)cc1F. The highest BCUT2D eigenvalue weighted by molar-refractivity contribution is 7.08. The standard InChI is InChI=1S/C11H8F3NS/c12-8-4-10(14)9(13)3-7(8)11(15)6-1-2-16-5-6/h1-5,11H,15H2/t11-/m1/s1. The van der Waals surface area contributed by atoms with Crippen LogP contribution < -0.4 is 5.73 Å². The van der Waals surface area contributed by atoms with Crippen molar-refractivity contribution in [3.8, 4) is 0 Å². The van der Waals surface area contributed by atoms with Crippen molar-refractivity contribution in [1.82, 2.24) is 0 Å². The zero-order valence-electron chi connectivity index (χ0n) is 8.08. The van der Waals surface area contributed by atoms with E-state index in [0.29, 0.717) is 11.6 Å². The van der Waals surface area contributed by atoms with Gasteiger partial charge in [0.15, 0.2) is 11.6 Å². The van der Waals surface area contributed by atoms with Gasteiger partial charge in [-0.25, -0.2) is 13.2 Å². The molecule has 0 amide bonds. The molecule has 2 rings (SSSR count). The number of rotatable bonds is 2. The summed E-state index contributed by atoms with van der Waals surface area (Å²) in [6, 6.07) is 2.25. The Kier molecular flexibility index (Phi) is 2.98. The summed E-state index contributed by atoms with van der Waals surface area (Å²) >= 11 is 1.41. The van der Waals surface area contributed by atoms with E-state index in [-0.39, 0.29) is 5.56 Å². The third-order valence-electron chi connectivity index (χ3n) is 2.28. The van der Waals surface area contributed by atoms with Crippen LogP contribution in [0.25, 0.3) is 0 Å². The molecule has 0 aliphatic heterocycles. The lowest BCUT2D eigenvalue weighted by Gasteiger charge is -2.11. The van der Waals surface area contributed by atoms with Gasteiger partial charge in [-0.3, -0.25) is 0 Å². The van der Waals surface area contributed by atoms with E-state index in [1.807, 2.05) is 0 Å². The molecule has 84 valence electrons. The molecule has 0 aliphatic carbocycles. The molecule has 0 unspecified atom stereocenters. The van der Waals surface area contributed by atoms with Crippen molar-refractivity contribution in [3.05, 3.63) is 57.5 Å². The molecular weight excluding hydrogens is 235 g/mol. The monoisotopic (exact) mass is 243 g/mol. The zero-order valence-corrected chi connectivity index (χ0v) is 8.90. The van der Waals surface area contributed by atoms with E-state index in [1.54, 1.807) is 16.8 Å². The third kappa shape index (κ3) is 1.96. The molecule has 1 atom stereocenters. The fourth-order valence-corrected chi connectivity index (χ4v) is 2.10. The fourth-order valence-electron chi connectivity index (χ4n) is 1.41. The first-order chi connectivity index (χ1) is 7.59. The van der Waals surface area contributed by atoms with E-state index in [0.717, 1.165) is 6.07 Å². The number of benzene rings is 1. The first-order valence-electron chi connectivity index (χ1n) is 4.51. The summed E-state index contributed by atoms with van der Waals surface area (Å²) in [6.45, 7) is 0. The summed E-state index contributed by atoms with van der Waals surface area (Å²) in [5.74, 6) is -3.14. The van der Waals surface area contributed by atoms with Gasteiger partial charge in [0.2, 0.25) is 0 Å². The number of hydrogen-bond donors (Lipinski definition) is 1. The maximum atomic E-state index is 13.4. The van der Waals surface area contributed by atoms with Crippen molar-refractivity contribution in [2.24, 2.45) is 5.73 Å². The summed E-state index contributed by atoms with van der Waals surface area (Å²) in [4.78, 5) is 0. The van der Waals surface area contributed by atoms with Crippen LogP contribution in [0.2, 0.25) is 0 Å². The highest BCUT2D eigenvalue weighted by Gasteiger charge is 2.17.